The fraction of sp³-hybridized carbons (Fsp3) is 0.308. The molecule has 0 aliphatic carbocycles. The molecule has 2 aromatic rings. The minimum absolute atomic E-state index is 0.250. The van der Waals surface area contributed by atoms with Crippen LogP contribution in [0, 0.1) is 0 Å². The first-order chi connectivity index (χ1) is 8.18. The second kappa shape index (κ2) is 5.76. The van der Waals surface area contributed by atoms with Gasteiger partial charge in [0.2, 0.25) is 0 Å². The van der Waals surface area contributed by atoms with Crippen LogP contribution in [-0.4, -0.2) is 4.98 Å². The lowest BCUT2D eigenvalue weighted by atomic mass is 10.1. The highest BCUT2D eigenvalue weighted by atomic mass is 79.9. The molecule has 0 amide bonds. The van der Waals surface area contributed by atoms with E-state index in [-0.39, 0.29) is 6.04 Å². The number of thiophene rings is 1. The Kier molecular flexibility index (Phi) is 4.31. The average Bonchev–Trinajstić information content (AvgIpc) is 2.76. The molecule has 0 radical (unpaired) electrons. The molecule has 2 heterocycles. The first kappa shape index (κ1) is 12.7. The quantitative estimate of drug-likeness (QED) is 0.909. The largest absolute Gasteiger partial charge is 0.301 e. The molecule has 0 saturated heterocycles. The predicted octanol–water partition coefficient (Wildman–Crippen LogP) is 4.32. The smallest absolute Gasteiger partial charge is 0.0570 e. The zero-order chi connectivity index (χ0) is 12.3. The van der Waals surface area contributed by atoms with Crippen LogP contribution in [-0.2, 0) is 0 Å². The SMILES string of the molecule is CC(N[C@H](C)c1ccccn1)c1sccc1Br. The van der Waals surface area contributed by atoms with Crippen molar-refractivity contribution in [2.75, 3.05) is 0 Å². The molecule has 1 unspecified atom stereocenters. The van der Waals surface area contributed by atoms with Gasteiger partial charge in [0.05, 0.1) is 5.69 Å². The maximum absolute atomic E-state index is 4.36. The summed E-state index contributed by atoms with van der Waals surface area (Å²) in [5.41, 5.74) is 1.08. The number of nitrogens with one attached hydrogen (secondary N) is 1. The van der Waals surface area contributed by atoms with Gasteiger partial charge in [-0.25, -0.2) is 0 Å². The van der Waals surface area contributed by atoms with Crippen LogP contribution >= 0.6 is 27.3 Å². The predicted molar refractivity (Wildman–Crippen MR) is 76.2 cm³/mol. The first-order valence-corrected chi connectivity index (χ1v) is 7.25. The van der Waals surface area contributed by atoms with E-state index in [2.05, 4.69) is 51.5 Å². The number of aromatic nitrogens is 1. The van der Waals surface area contributed by atoms with E-state index in [4.69, 9.17) is 0 Å². The molecule has 90 valence electrons. The van der Waals surface area contributed by atoms with Gasteiger partial charge in [-0.3, -0.25) is 4.98 Å². The number of nitrogens with zero attached hydrogens (tertiary/aromatic N) is 1. The van der Waals surface area contributed by atoms with Gasteiger partial charge >= 0.3 is 0 Å². The van der Waals surface area contributed by atoms with Crippen molar-refractivity contribution in [2.24, 2.45) is 0 Å². The van der Waals surface area contributed by atoms with Crippen LogP contribution in [0.25, 0.3) is 0 Å². The Morgan fingerprint density at radius 2 is 2.06 bits per heavy atom. The van der Waals surface area contributed by atoms with Crippen molar-refractivity contribution in [3.63, 3.8) is 0 Å². The van der Waals surface area contributed by atoms with Gasteiger partial charge in [0.15, 0.2) is 0 Å². The first-order valence-electron chi connectivity index (χ1n) is 5.58. The number of rotatable bonds is 4. The monoisotopic (exact) mass is 310 g/mol. The summed E-state index contributed by atoms with van der Waals surface area (Å²) in [7, 11) is 0. The van der Waals surface area contributed by atoms with Crippen molar-refractivity contribution in [3.8, 4) is 0 Å². The molecule has 0 aromatic carbocycles. The summed E-state index contributed by atoms with van der Waals surface area (Å²) in [6.07, 6.45) is 1.83. The van der Waals surface area contributed by atoms with Crippen molar-refractivity contribution in [3.05, 3.63) is 50.9 Å². The molecule has 0 aliphatic rings. The summed E-state index contributed by atoms with van der Waals surface area (Å²) in [4.78, 5) is 5.69. The Balaban J connectivity index is 2.05. The lowest BCUT2D eigenvalue weighted by Crippen LogP contribution is -2.22. The molecule has 0 aliphatic heterocycles. The van der Waals surface area contributed by atoms with Crippen LogP contribution in [0.1, 0.15) is 36.5 Å². The lowest BCUT2D eigenvalue weighted by molar-refractivity contribution is 0.490. The van der Waals surface area contributed by atoms with Gasteiger partial charge < -0.3 is 5.32 Å². The normalized spacial score (nSPS) is 14.5. The van der Waals surface area contributed by atoms with Crippen LogP contribution in [0.15, 0.2) is 40.3 Å². The number of hydrogen-bond donors (Lipinski definition) is 1. The summed E-state index contributed by atoms with van der Waals surface area (Å²) < 4.78 is 1.18. The highest BCUT2D eigenvalue weighted by Gasteiger charge is 2.14. The Morgan fingerprint density at radius 1 is 1.24 bits per heavy atom. The van der Waals surface area contributed by atoms with Crippen LogP contribution < -0.4 is 5.32 Å². The van der Waals surface area contributed by atoms with E-state index in [1.807, 2.05) is 24.4 Å². The summed E-state index contributed by atoms with van der Waals surface area (Å²) in [6.45, 7) is 4.32. The summed E-state index contributed by atoms with van der Waals surface area (Å²) >= 11 is 5.33. The Hall–Kier alpha value is -0.710. The Bertz CT molecular complexity index is 469. The molecule has 17 heavy (non-hydrogen) atoms. The molecular weight excluding hydrogens is 296 g/mol. The highest BCUT2D eigenvalue weighted by molar-refractivity contribution is 9.10. The van der Waals surface area contributed by atoms with Crippen molar-refractivity contribution in [2.45, 2.75) is 25.9 Å². The molecule has 2 atom stereocenters. The van der Waals surface area contributed by atoms with Crippen LogP contribution in [0.2, 0.25) is 0 Å². The van der Waals surface area contributed by atoms with Crippen LogP contribution in [0.5, 0.6) is 0 Å². The Morgan fingerprint density at radius 3 is 2.65 bits per heavy atom. The molecular formula is C13H15BrN2S. The third kappa shape index (κ3) is 3.15. The molecule has 0 saturated carbocycles. The van der Waals surface area contributed by atoms with Gasteiger partial charge in [-0.2, -0.15) is 0 Å². The lowest BCUT2D eigenvalue weighted by Gasteiger charge is -2.19. The summed E-state index contributed by atoms with van der Waals surface area (Å²) in [5.74, 6) is 0. The number of pyridine rings is 1. The van der Waals surface area contributed by atoms with E-state index in [0.717, 1.165) is 5.69 Å². The highest BCUT2D eigenvalue weighted by Crippen LogP contribution is 2.30. The van der Waals surface area contributed by atoms with Gasteiger partial charge in [-0.15, -0.1) is 11.3 Å². The fourth-order valence-electron chi connectivity index (χ4n) is 1.78. The van der Waals surface area contributed by atoms with E-state index in [1.54, 1.807) is 11.3 Å². The van der Waals surface area contributed by atoms with E-state index >= 15 is 0 Å². The van der Waals surface area contributed by atoms with Crippen molar-refractivity contribution in [1.82, 2.24) is 10.3 Å². The molecule has 0 spiro atoms. The van der Waals surface area contributed by atoms with Gasteiger partial charge in [0, 0.05) is 27.6 Å². The minimum atomic E-state index is 0.250. The molecule has 2 nitrogen and oxygen atoms in total. The molecule has 1 N–H and O–H groups in total. The standard InChI is InChI=1S/C13H15BrN2S/c1-9(12-5-3-4-7-15-12)16-10(2)13-11(14)6-8-17-13/h3-10,16H,1-2H3/t9-,10?/m1/s1. The van der Waals surface area contributed by atoms with Crippen molar-refractivity contribution < 1.29 is 0 Å². The zero-order valence-electron chi connectivity index (χ0n) is 9.85. The number of hydrogen-bond acceptors (Lipinski definition) is 3. The molecule has 4 heteroatoms. The molecule has 0 bridgehead atoms. The van der Waals surface area contributed by atoms with Gasteiger partial charge in [0.25, 0.3) is 0 Å². The fourth-order valence-corrected chi connectivity index (χ4v) is 3.52. The maximum Gasteiger partial charge on any atom is 0.0570 e. The van der Waals surface area contributed by atoms with E-state index in [0.29, 0.717) is 6.04 Å². The third-order valence-corrected chi connectivity index (χ3v) is 4.72. The molecule has 0 fully saturated rings. The third-order valence-electron chi connectivity index (χ3n) is 2.67. The van der Waals surface area contributed by atoms with Crippen molar-refractivity contribution >= 4 is 27.3 Å². The maximum atomic E-state index is 4.36. The van der Waals surface area contributed by atoms with Crippen LogP contribution in [0.4, 0.5) is 0 Å². The van der Waals surface area contributed by atoms with E-state index in [9.17, 15) is 0 Å². The summed E-state index contributed by atoms with van der Waals surface area (Å²) in [6, 6.07) is 8.67. The second-order valence-electron chi connectivity index (χ2n) is 4.00. The van der Waals surface area contributed by atoms with E-state index < -0.39 is 0 Å². The van der Waals surface area contributed by atoms with Crippen LogP contribution in [0.3, 0.4) is 0 Å². The second-order valence-corrected chi connectivity index (χ2v) is 5.80. The van der Waals surface area contributed by atoms with Gasteiger partial charge in [-0.1, -0.05) is 6.07 Å². The van der Waals surface area contributed by atoms with Gasteiger partial charge in [0.1, 0.15) is 0 Å². The van der Waals surface area contributed by atoms with E-state index in [1.165, 1.54) is 9.35 Å². The van der Waals surface area contributed by atoms with Crippen molar-refractivity contribution in [1.29, 1.82) is 0 Å². The van der Waals surface area contributed by atoms with Gasteiger partial charge in [-0.05, 0) is 53.4 Å². The number of halogens is 1. The minimum Gasteiger partial charge on any atom is -0.301 e. The molecule has 2 aromatic heterocycles. The topological polar surface area (TPSA) is 24.9 Å². The Labute approximate surface area is 114 Å². The molecule has 2 rings (SSSR count). The zero-order valence-corrected chi connectivity index (χ0v) is 12.3. The average molecular weight is 311 g/mol. The summed E-state index contributed by atoms with van der Waals surface area (Å²) in [5, 5.41) is 5.66.